The lowest BCUT2D eigenvalue weighted by molar-refractivity contribution is -0.140. The molecular formula is C39H51N7O6. The summed E-state index contributed by atoms with van der Waals surface area (Å²) in [5, 5.41) is 8.31. The lowest BCUT2D eigenvalue weighted by Gasteiger charge is -2.40. The van der Waals surface area contributed by atoms with Crippen LogP contribution in [0.5, 0.6) is 5.75 Å². The SMILES string of the molecule is O=C1CCC(c2ccc(N3CCC(CN4CCN(C(=O)C5CCC(C(=O)NCCOc6ccc7c(c6)NC(=O)CC7)CC5)CC4)CC3)nc2)C(=O)N1. The fourth-order valence-electron chi connectivity index (χ4n) is 8.45. The van der Waals surface area contributed by atoms with Crippen molar-refractivity contribution >= 4 is 41.0 Å². The van der Waals surface area contributed by atoms with Gasteiger partial charge in [-0.15, -0.1) is 0 Å². The summed E-state index contributed by atoms with van der Waals surface area (Å²) in [7, 11) is 0. The number of aromatic nitrogens is 1. The van der Waals surface area contributed by atoms with Crippen LogP contribution in [-0.4, -0.2) is 103 Å². The van der Waals surface area contributed by atoms with Crippen LogP contribution < -0.4 is 25.6 Å². The van der Waals surface area contributed by atoms with E-state index < -0.39 is 0 Å². The van der Waals surface area contributed by atoms with Crippen molar-refractivity contribution in [2.24, 2.45) is 17.8 Å². The molecule has 1 unspecified atom stereocenters. The molecule has 278 valence electrons. The standard InChI is InChI=1S/C39H51N7O6/c47-35-11-7-27-5-8-31(23-33(27)42-35)52-22-15-40-37(49)28-1-3-29(4-2-28)39(51)46-20-18-44(19-21-46)25-26-13-16-45(17-14-26)34-10-6-30(24-41-34)32-9-12-36(48)43-38(32)50/h5-6,8,10,23-24,26,28-29,32H,1-4,7,9,11-22,25H2,(H,40,49)(H,42,47)(H,43,48,50). The fraction of sp³-hybridized carbons (Fsp3) is 0.590. The third-order valence-corrected chi connectivity index (χ3v) is 11.6. The van der Waals surface area contributed by atoms with Crippen LogP contribution in [0, 0.1) is 17.8 Å². The van der Waals surface area contributed by atoms with Gasteiger partial charge in [0.2, 0.25) is 29.5 Å². The number of piperidine rings is 2. The summed E-state index contributed by atoms with van der Waals surface area (Å²) in [4.78, 5) is 73.2. The smallest absolute Gasteiger partial charge is 0.234 e. The molecule has 0 bridgehead atoms. The zero-order chi connectivity index (χ0) is 36.0. The van der Waals surface area contributed by atoms with Crippen molar-refractivity contribution in [3.8, 4) is 5.75 Å². The summed E-state index contributed by atoms with van der Waals surface area (Å²) in [5.74, 6) is 1.69. The first kappa shape index (κ1) is 35.9. The number of fused-ring (bicyclic) bond motifs is 1. The second-order valence-corrected chi connectivity index (χ2v) is 15.1. The number of piperazine rings is 1. The molecule has 52 heavy (non-hydrogen) atoms. The summed E-state index contributed by atoms with van der Waals surface area (Å²) in [5.41, 5.74) is 2.76. The van der Waals surface area contributed by atoms with Crippen LogP contribution in [0.2, 0.25) is 0 Å². The van der Waals surface area contributed by atoms with Crippen molar-refractivity contribution in [2.75, 3.05) is 69.2 Å². The molecule has 1 atom stereocenters. The number of pyridine rings is 1. The van der Waals surface area contributed by atoms with E-state index in [-0.39, 0.29) is 47.3 Å². The molecule has 1 aromatic heterocycles. The van der Waals surface area contributed by atoms with Gasteiger partial charge in [0, 0.05) is 88.4 Å². The van der Waals surface area contributed by atoms with Gasteiger partial charge >= 0.3 is 0 Å². The lowest BCUT2D eigenvalue weighted by atomic mass is 9.81. The molecule has 1 aliphatic carbocycles. The highest BCUT2D eigenvalue weighted by Crippen LogP contribution is 2.32. The fourth-order valence-corrected chi connectivity index (χ4v) is 8.45. The highest BCUT2D eigenvalue weighted by atomic mass is 16.5. The number of rotatable bonds is 10. The van der Waals surface area contributed by atoms with Crippen LogP contribution in [0.15, 0.2) is 36.5 Å². The van der Waals surface area contributed by atoms with E-state index in [9.17, 15) is 24.0 Å². The number of ether oxygens (including phenoxy) is 1. The van der Waals surface area contributed by atoms with Gasteiger partial charge in [-0.3, -0.25) is 34.2 Å². The minimum atomic E-state index is -0.312. The number of nitrogens with zero attached hydrogens (tertiary/aromatic N) is 4. The number of anilines is 2. The van der Waals surface area contributed by atoms with E-state index >= 15 is 0 Å². The molecule has 2 aromatic rings. The Labute approximate surface area is 305 Å². The van der Waals surface area contributed by atoms with Gasteiger partial charge in [0.1, 0.15) is 18.2 Å². The first-order valence-electron chi connectivity index (χ1n) is 19.2. The molecule has 5 aliphatic rings. The van der Waals surface area contributed by atoms with Crippen LogP contribution in [0.25, 0.3) is 0 Å². The van der Waals surface area contributed by atoms with Crippen LogP contribution >= 0.6 is 0 Å². The summed E-state index contributed by atoms with van der Waals surface area (Å²) in [6.45, 7) is 7.01. The zero-order valence-electron chi connectivity index (χ0n) is 29.9. The summed E-state index contributed by atoms with van der Waals surface area (Å²) in [6.07, 6.45) is 9.06. The Morgan fingerprint density at radius 1 is 0.808 bits per heavy atom. The van der Waals surface area contributed by atoms with Gasteiger partial charge in [-0.1, -0.05) is 12.1 Å². The monoisotopic (exact) mass is 713 g/mol. The van der Waals surface area contributed by atoms with Crippen LogP contribution in [-0.2, 0) is 30.4 Å². The summed E-state index contributed by atoms with van der Waals surface area (Å²) >= 11 is 0. The van der Waals surface area contributed by atoms with Gasteiger partial charge in [-0.05, 0) is 80.5 Å². The molecule has 4 fully saturated rings. The molecule has 13 nitrogen and oxygen atoms in total. The van der Waals surface area contributed by atoms with E-state index in [1.165, 1.54) is 0 Å². The van der Waals surface area contributed by atoms with Crippen molar-refractivity contribution in [1.29, 1.82) is 0 Å². The number of benzene rings is 1. The molecule has 4 aliphatic heterocycles. The maximum Gasteiger partial charge on any atom is 0.234 e. The molecule has 5 heterocycles. The Hall–Kier alpha value is -4.52. The highest BCUT2D eigenvalue weighted by Gasteiger charge is 2.34. The average molecular weight is 714 g/mol. The second-order valence-electron chi connectivity index (χ2n) is 15.1. The van der Waals surface area contributed by atoms with E-state index in [1.807, 2.05) is 35.2 Å². The number of carbonyl (C=O) groups excluding carboxylic acids is 5. The first-order chi connectivity index (χ1) is 25.3. The Balaban J connectivity index is 0.761. The van der Waals surface area contributed by atoms with Crippen molar-refractivity contribution in [2.45, 2.75) is 70.1 Å². The van der Waals surface area contributed by atoms with Crippen molar-refractivity contribution in [3.63, 3.8) is 0 Å². The topological polar surface area (TPSA) is 153 Å². The van der Waals surface area contributed by atoms with Gasteiger partial charge in [-0.2, -0.15) is 0 Å². The third-order valence-electron chi connectivity index (χ3n) is 11.6. The third kappa shape index (κ3) is 8.74. The Kier molecular flexibility index (Phi) is 11.3. The van der Waals surface area contributed by atoms with Crippen molar-refractivity contribution in [3.05, 3.63) is 47.7 Å². The maximum atomic E-state index is 13.4. The molecule has 13 heteroatoms. The average Bonchev–Trinajstić information content (AvgIpc) is 3.17. The highest BCUT2D eigenvalue weighted by molar-refractivity contribution is 6.01. The van der Waals surface area contributed by atoms with E-state index in [0.29, 0.717) is 44.1 Å². The molecular weight excluding hydrogens is 662 g/mol. The minimum absolute atomic E-state index is 0.000502. The van der Waals surface area contributed by atoms with Crippen LogP contribution in [0.4, 0.5) is 11.5 Å². The molecule has 1 aromatic carbocycles. The Morgan fingerprint density at radius 3 is 2.29 bits per heavy atom. The summed E-state index contributed by atoms with van der Waals surface area (Å²) in [6, 6.07) is 9.68. The van der Waals surface area contributed by atoms with Crippen LogP contribution in [0.3, 0.4) is 0 Å². The molecule has 0 spiro atoms. The summed E-state index contributed by atoms with van der Waals surface area (Å²) < 4.78 is 5.82. The molecule has 3 N–H and O–H groups in total. The van der Waals surface area contributed by atoms with Crippen molar-refractivity contribution < 1.29 is 28.7 Å². The second kappa shape index (κ2) is 16.4. The largest absolute Gasteiger partial charge is 0.492 e. The molecule has 1 saturated carbocycles. The van der Waals surface area contributed by atoms with Gasteiger partial charge in [0.25, 0.3) is 0 Å². The van der Waals surface area contributed by atoms with E-state index in [4.69, 9.17) is 4.74 Å². The normalized spacial score (nSPS) is 24.5. The Morgan fingerprint density at radius 2 is 1.56 bits per heavy atom. The van der Waals surface area contributed by atoms with E-state index in [0.717, 1.165) is 113 Å². The van der Waals surface area contributed by atoms with Gasteiger partial charge in [0.15, 0.2) is 0 Å². The molecule has 7 rings (SSSR count). The van der Waals surface area contributed by atoms with Gasteiger partial charge in [0.05, 0.1) is 12.5 Å². The molecule has 5 amide bonds. The molecule has 3 saturated heterocycles. The number of hydrogen-bond acceptors (Lipinski definition) is 9. The predicted octanol–water partition coefficient (Wildman–Crippen LogP) is 2.85. The quantitative estimate of drug-likeness (QED) is 0.249. The van der Waals surface area contributed by atoms with Crippen molar-refractivity contribution in [1.82, 2.24) is 25.4 Å². The number of aryl methyl sites for hydroxylation is 1. The number of amides is 5. The number of imide groups is 1. The predicted molar refractivity (Wildman–Crippen MR) is 195 cm³/mol. The minimum Gasteiger partial charge on any atom is -0.492 e. The van der Waals surface area contributed by atoms with Gasteiger partial charge < -0.3 is 25.2 Å². The van der Waals surface area contributed by atoms with Crippen LogP contribution in [0.1, 0.15) is 74.8 Å². The number of carbonyl (C=O) groups is 5. The lowest BCUT2D eigenvalue weighted by Crippen LogP contribution is -2.52. The molecule has 0 radical (unpaired) electrons. The first-order valence-corrected chi connectivity index (χ1v) is 19.2. The number of hydrogen-bond donors (Lipinski definition) is 3. The van der Waals surface area contributed by atoms with Gasteiger partial charge in [-0.25, -0.2) is 4.98 Å². The number of nitrogens with one attached hydrogen (secondary N) is 3. The zero-order valence-corrected chi connectivity index (χ0v) is 29.9. The Bertz CT molecular complexity index is 1630. The van der Waals surface area contributed by atoms with E-state index in [2.05, 4.69) is 30.7 Å². The van der Waals surface area contributed by atoms with E-state index in [1.54, 1.807) is 6.20 Å². The maximum absolute atomic E-state index is 13.4.